The smallest absolute Gasteiger partial charge is 0.338 e. The quantitative estimate of drug-likeness (QED) is 0.414. The Morgan fingerprint density at radius 1 is 1.14 bits per heavy atom. The van der Waals surface area contributed by atoms with Crippen LogP contribution in [0.1, 0.15) is 22.8 Å². The van der Waals surface area contributed by atoms with Crippen molar-refractivity contribution in [3.05, 3.63) is 69.8 Å². The van der Waals surface area contributed by atoms with E-state index in [0.717, 1.165) is 23.0 Å². The number of nitro benzene ring substituents is 1. The lowest BCUT2D eigenvalue weighted by molar-refractivity contribution is -0.384. The minimum Gasteiger partial charge on any atom is -0.452 e. The molecule has 0 aliphatic rings. The van der Waals surface area contributed by atoms with Gasteiger partial charge in [-0.2, -0.15) is 0 Å². The number of esters is 1. The van der Waals surface area contributed by atoms with Crippen LogP contribution in [0.15, 0.2) is 48.5 Å². The standard InChI is InChI=1S/C20H21N3O6/c1-3-14-7-4-5-10-17(14)21-18(24)12-22(2)19(25)13-29-20(26)15-8-6-9-16(11-15)23(27)28/h4-11H,3,12-13H2,1-2H3,(H,21,24). The summed E-state index contributed by atoms with van der Waals surface area (Å²) < 4.78 is 4.90. The van der Waals surface area contributed by atoms with Crippen LogP contribution in [-0.4, -0.2) is 47.8 Å². The van der Waals surface area contributed by atoms with Crippen LogP contribution in [0.4, 0.5) is 11.4 Å². The van der Waals surface area contributed by atoms with Gasteiger partial charge in [0.1, 0.15) is 0 Å². The Labute approximate surface area is 167 Å². The number of benzene rings is 2. The number of anilines is 1. The van der Waals surface area contributed by atoms with Crippen LogP contribution in [0.5, 0.6) is 0 Å². The second-order valence-corrected chi connectivity index (χ2v) is 6.19. The average molecular weight is 399 g/mol. The van der Waals surface area contributed by atoms with E-state index in [-0.39, 0.29) is 23.7 Å². The van der Waals surface area contributed by atoms with E-state index in [2.05, 4.69) is 5.32 Å². The van der Waals surface area contributed by atoms with Gasteiger partial charge in [0.2, 0.25) is 5.91 Å². The third-order valence-corrected chi connectivity index (χ3v) is 4.10. The Kier molecular flexibility index (Phi) is 7.41. The van der Waals surface area contributed by atoms with Gasteiger partial charge in [-0.3, -0.25) is 19.7 Å². The number of carbonyl (C=O) groups excluding carboxylic acids is 3. The van der Waals surface area contributed by atoms with E-state index in [0.29, 0.717) is 5.69 Å². The molecule has 0 spiro atoms. The van der Waals surface area contributed by atoms with E-state index >= 15 is 0 Å². The summed E-state index contributed by atoms with van der Waals surface area (Å²) >= 11 is 0. The first kappa shape index (κ1) is 21.5. The topological polar surface area (TPSA) is 119 Å². The normalized spacial score (nSPS) is 10.1. The molecule has 2 amide bonds. The number of nitro groups is 1. The number of hydrogen-bond acceptors (Lipinski definition) is 6. The summed E-state index contributed by atoms with van der Waals surface area (Å²) in [5.74, 6) is -1.83. The molecule has 0 aliphatic heterocycles. The molecule has 0 bridgehead atoms. The molecule has 0 unspecified atom stereocenters. The third-order valence-electron chi connectivity index (χ3n) is 4.10. The molecule has 0 aromatic heterocycles. The molecular weight excluding hydrogens is 378 g/mol. The number of ether oxygens (including phenoxy) is 1. The molecule has 0 aliphatic carbocycles. The van der Waals surface area contributed by atoms with Gasteiger partial charge in [0, 0.05) is 24.9 Å². The second-order valence-electron chi connectivity index (χ2n) is 6.19. The predicted octanol–water partition coefficient (Wildman–Crippen LogP) is 2.41. The Morgan fingerprint density at radius 3 is 2.55 bits per heavy atom. The molecule has 9 heteroatoms. The summed E-state index contributed by atoms with van der Waals surface area (Å²) in [7, 11) is 1.41. The number of nitrogens with one attached hydrogen (secondary N) is 1. The average Bonchev–Trinajstić information content (AvgIpc) is 2.71. The molecule has 0 atom stereocenters. The summed E-state index contributed by atoms with van der Waals surface area (Å²) in [6.07, 6.45) is 0.749. The van der Waals surface area contributed by atoms with Crippen LogP contribution in [0.2, 0.25) is 0 Å². The van der Waals surface area contributed by atoms with Crippen molar-refractivity contribution in [2.45, 2.75) is 13.3 Å². The highest BCUT2D eigenvalue weighted by molar-refractivity contribution is 5.96. The molecule has 152 valence electrons. The SMILES string of the molecule is CCc1ccccc1NC(=O)CN(C)C(=O)COC(=O)c1cccc([N+](=O)[O-])c1. The fraction of sp³-hybridized carbons (Fsp3) is 0.250. The zero-order valence-corrected chi connectivity index (χ0v) is 16.1. The van der Waals surface area contributed by atoms with Crippen LogP contribution in [0.3, 0.4) is 0 Å². The van der Waals surface area contributed by atoms with E-state index in [1.54, 1.807) is 12.1 Å². The van der Waals surface area contributed by atoms with E-state index in [1.807, 2.05) is 19.1 Å². The number of rotatable bonds is 8. The number of hydrogen-bond donors (Lipinski definition) is 1. The molecule has 29 heavy (non-hydrogen) atoms. The van der Waals surface area contributed by atoms with Crippen LogP contribution < -0.4 is 5.32 Å². The van der Waals surface area contributed by atoms with E-state index in [4.69, 9.17) is 4.74 Å². The number of carbonyl (C=O) groups is 3. The van der Waals surface area contributed by atoms with Gasteiger partial charge in [0.05, 0.1) is 17.0 Å². The molecule has 9 nitrogen and oxygen atoms in total. The molecule has 0 saturated heterocycles. The predicted molar refractivity (Wildman–Crippen MR) is 105 cm³/mol. The summed E-state index contributed by atoms with van der Waals surface area (Å²) in [5.41, 5.74) is 1.36. The monoisotopic (exact) mass is 399 g/mol. The van der Waals surface area contributed by atoms with Crippen molar-refractivity contribution in [3.63, 3.8) is 0 Å². The number of para-hydroxylation sites is 1. The highest BCUT2D eigenvalue weighted by atomic mass is 16.6. The summed E-state index contributed by atoms with van der Waals surface area (Å²) in [6, 6.07) is 12.4. The minimum atomic E-state index is -0.864. The van der Waals surface area contributed by atoms with Crippen LogP contribution >= 0.6 is 0 Å². The van der Waals surface area contributed by atoms with Crippen LogP contribution in [0.25, 0.3) is 0 Å². The van der Waals surface area contributed by atoms with Crippen molar-refractivity contribution in [3.8, 4) is 0 Å². The third kappa shape index (κ3) is 6.13. The molecule has 1 N–H and O–H groups in total. The van der Waals surface area contributed by atoms with Crippen molar-refractivity contribution in [1.82, 2.24) is 4.90 Å². The van der Waals surface area contributed by atoms with E-state index in [1.165, 1.54) is 25.2 Å². The molecule has 0 saturated carbocycles. The lowest BCUT2D eigenvalue weighted by atomic mass is 10.1. The Bertz CT molecular complexity index is 928. The number of amides is 2. The van der Waals surface area contributed by atoms with Crippen molar-refractivity contribution in [1.29, 1.82) is 0 Å². The first-order valence-corrected chi connectivity index (χ1v) is 8.85. The number of non-ortho nitro benzene ring substituents is 1. The minimum absolute atomic E-state index is 0.0384. The maximum absolute atomic E-state index is 12.2. The first-order valence-electron chi connectivity index (χ1n) is 8.85. The number of nitrogens with zero attached hydrogens (tertiary/aromatic N) is 2. The summed E-state index contributed by atoms with van der Waals surface area (Å²) in [6.45, 7) is 1.17. The van der Waals surface area contributed by atoms with E-state index < -0.39 is 23.4 Å². The summed E-state index contributed by atoms with van der Waals surface area (Å²) in [5, 5.41) is 13.5. The zero-order valence-electron chi connectivity index (χ0n) is 16.1. The zero-order chi connectivity index (χ0) is 21.4. The van der Waals surface area contributed by atoms with Crippen molar-refractivity contribution in [2.75, 3.05) is 25.5 Å². The molecule has 2 aromatic carbocycles. The van der Waals surface area contributed by atoms with E-state index in [9.17, 15) is 24.5 Å². The van der Waals surface area contributed by atoms with Crippen LogP contribution in [-0.2, 0) is 20.7 Å². The molecule has 2 aromatic rings. The largest absolute Gasteiger partial charge is 0.452 e. The second kappa shape index (κ2) is 9.98. The molecule has 2 rings (SSSR count). The van der Waals surface area contributed by atoms with Gasteiger partial charge in [0.15, 0.2) is 6.61 Å². The Balaban J connectivity index is 1.87. The fourth-order valence-electron chi connectivity index (χ4n) is 2.51. The Hall–Kier alpha value is -3.75. The number of aryl methyl sites for hydroxylation is 1. The fourth-order valence-corrected chi connectivity index (χ4v) is 2.51. The van der Waals surface area contributed by atoms with Gasteiger partial charge in [0.25, 0.3) is 11.6 Å². The van der Waals surface area contributed by atoms with Crippen molar-refractivity contribution >= 4 is 29.2 Å². The highest BCUT2D eigenvalue weighted by Crippen LogP contribution is 2.15. The van der Waals surface area contributed by atoms with Gasteiger partial charge in [-0.15, -0.1) is 0 Å². The van der Waals surface area contributed by atoms with Gasteiger partial charge >= 0.3 is 5.97 Å². The molecular formula is C20H21N3O6. The van der Waals surface area contributed by atoms with Gasteiger partial charge in [-0.05, 0) is 24.1 Å². The molecule has 0 fully saturated rings. The van der Waals surface area contributed by atoms with Gasteiger partial charge in [-0.25, -0.2) is 4.79 Å². The highest BCUT2D eigenvalue weighted by Gasteiger charge is 2.18. The maximum atomic E-state index is 12.2. The van der Waals surface area contributed by atoms with Gasteiger partial charge in [-0.1, -0.05) is 31.2 Å². The lowest BCUT2D eigenvalue weighted by Gasteiger charge is -2.17. The van der Waals surface area contributed by atoms with Crippen molar-refractivity contribution in [2.24, 2.45) is 0 Å². The first-order chi connectivity index (χ1) is 13.8. The van der Waals surface area contributed by atoms with Crippen molar-refractivity contribution < 1.29 is 24.0 Å². The lowest BCUT2D eigenvalue weighted by Crippen LogP contribution is -2.37. The number of likely N-dealkylation sites (N-methyl/N-ethyl adjacent to an activating group) is 1. The summed E-state index contributed by atoms with van der Waals surface area (Å²) in [4.78, 5) is 47.5. The molecule has 0 radical (unpaired) electrons. The van der Waals surface area contributed by atoms with Gasteiger partial charge < -0.3 is 15.0 Å². The Morgan fingerprint density at radius 2 is 1.86 bits per heavy atom. The molecule has 0 heterocycles. The van der Waals surface area contributed by atoms with Crippen LogP contribution in [0, 0.1) is 10.1 Å². The maximum Gasteiger partial charge on any atom is 0.338 e.